The Morgan fingerprint density at radius 2 is 2.00 bits per heavy atom. The number of piperidine rings is 1. The molecule has 2 N–H and O–H groups in total. The van der Waals surface area contributed by atoms with Gasteiger partial charge in [0, 0.05) is 45.0 Å². The van der Waals surface area contributed by atoms with Gasteiger partial charge in [0.25, 0.3) is 0 Å². The van der Waals surface area contributed by atoms with Crippen molar-refractivity contribution in [3.8, 4) is 0 Å². The van der Waals surface area contributed by atoms with Crippen molar-refractivity contribution in [3.63, 3.8) is 0 Å². The predicted molar refractivity (Wildman–Crippen MR) is 102 cm³/mol. The minimum Gasteiger partial charge on any atom is -0.356 e. The zero-order valence-electron chi connectivity index (χ0n) is 15.7. The molecule has 1 unspecified atom stereocenters. The van der Waals surface area contributed by atoms with E-state index in [9.17, 15) is 9.59 Å². The van der Waals surface area contributed by atoms with Crippen LogP contribution in [-0.2, 0) is 9.59 Å². The molecule has 0 aromatic carbocycles. The molecule has 0 spiro atoms. The summed E-state index contributed by atoms with van der Waals surface area (Å²) in [6.45, 7) is 4.68. The van der Waals surface area contributed by atoms with E-state index in [1.165, 1.54) is 12.8 Å². The number of hydrogen-bond acceptors (Lipinski definition) is 5. The molecule has 26 heavy (non-hydrogen) atoms. The van der Waals surface area contributed by atoms with Crippen molar-refractivity contribution in [3.05, 3.63) is 18.5 Å². The molecule has 0 aliphatic carbocycles. The Morgan fingerprint density at radius 1 is 1.19 bits per heavy atom. The molecule has 2 heterocycles. The number of aromatic nitrogens is 2. The number of nitrogens with zero attached hydrogens (tertiary/aromatic N) is 3. The number of carbonyl (C=O) groups is 2. The second-order valence-electron chi connectivity index (χ2n) is 6.78. The molecule has 7 heteroatoms. The second-order valence-corrected chi connectivity index (χ2v) is 6.78. The summed E-state index contributed by atoms with van der Waals surface area (Å²) in [5.41, 5.74) is 0. The summed E-state index contributed by atoms with van der Waals surface area (Å²) < 4.78 is 0. The molecule has 0 saturated carbocycles. The first-order valence-electron chi connectivity index (χ1n) is 9.77. The van der Waals surface area contributed by atoms with Crippen LogP contribution >= 0.6 is 0 Å². The molecule has 1 saturated heterocycles. The monoisotopic (exact) mass is 361 g/mol. The fourth-order valence-electron chi connectivity index (χ4n) is 3.16. The van der Waals surface area contributed by atoms with E-state index in [1.54, 1.807) is 18.5 Å². The van der Waals surface area contributed by atoms with Crippen LogP contribution in [0.2, 0.25) is 0 Å². The highest BCUT2D eigenvalue weighted by Gasteiger charge is 2.27. The standard InChI is InChI=1S/C19H31N5O2/c1-2-3-4-5-10-20-18(26)16-8-6-14-24(15-16)17(25)9-13-23-19-21-11-7-12-22-19/h7,11-12,16H,2-6,8-10,13-15H2,1H3,(H,20,26)(H,21,22,23). The van der Waals surface area contributed by atoms with Crippen molar-refractivity contribution in [1.82, 2.24) is 20.2 Å². The molecule has 2 rings (SSSR count). The first-order valence-corrected chi connectivity index (χ1v) is 9.77. The number of nitrogens with one attached hydrogen (secondary N) is 2. The Morgan fingerprint density at radius 3 is 2.77 bits per heavy atom. The van der Waals surface area contributed by atoms with Crippen LogP contribution in [0.5, 0.6) is 0 Å². The lowest BCUT2D eigenvalue weighted by Crippen LogP contribution is -2.45. The van der Waals surface area contributed by atoms with Crippen molar-refractivity contribution in [2.75, 3.05) is 31.5 Å². The maximum Gasteiger partial charge on any atom is 0.224 e. The first kappa shape index (κ1) is 20.1. The number of rotatable bonds is 10. The smallest absolute Gasteiger partial charge is 0.224 e. The molecule has 1 aromatic rings. The molecule has 7 nitrogen and oxygen atoms in total. The molecular weight excluding hydrogens is 330 g/mol. The molecular formula is C19H31N5O2. The van der Waals surface area contributed by atoms with E-state index in [2.05, 4.69) is 27.5 Å². The number of carbonyl (C=O) groups excluding carboxylic acids is 2. The molecule has 1 fully saturated rings. The van der Waals surface area contributed by atoms with E-state index in [-0.39, 0.29) is 17.7 Å². The van der Waals surface area contributed by atoms with Gasteiger partial charge in [0.05, 0.1) is 5.92 Å². The highest BCUT2D eigenvalue weighted by molar-refractivity contribution is 5.81. The Kier molecular flexibility index (Phi) is 8.86. The lowest BCUT2D eigenvalue weighted by atomic mass is 9.96. The van der Waals surface area contributed by atoms with Crippen LogP contribution in [0.4, 0.5) is 5.95 Å². The van der Waals surface area contributed by atoms with Crippen LogP contribution in [0.1, 0.15) is 51.9 Å². The maximum atomic E-state index is 12.4. The van der Waals surface area contributed by atoms with Gasteiger partial charge in [-0.25, -0.2) is 9.97 Å². The van der Waals surface area contributed by atoms with E-state index >= 15 is 0 Å². The molecule has 2 amide bonds. The Bertz CT molecular complexity index is 552. The number of likely N-dealkylation sites (tertiary alicyclic amines) is 1. The topological polar surface area (TPSA) is 87.2 Å². The normalized spacial score (nSPS) is 17.0. The van der Waals surface area contributed by atoms with Crippen LogP contribution < -0.4 is 10.6 Å². The summed E-state index contributed by atoms with van der Waals surface area (Å²) in [7, 11) is 0. The van der Waals surface area contributed by atoms with E-state index in [0.29, 0.717) is 25.5 Å². The van der Waals surface area contributed by atoms with E-state index in [1.807, 2.05) is 4.90 Å². The first-order chi connectivity index (χ1) is 12.7. The summed E-state index contributed by atoms with van der Waals surface area (Å²) >= 11 is 0. The fraction of sp³-hybridized carbons (Fsp3) is 0.684. The summed E-state index contributed by atoms with van der Waals surface area (Å²) in [4.78, 5) is 34.7. The van der Waals surface area contributed by atoms with Crippen LogP contribution in [0.25, 0.3) is 0 Å². The van der Waals surface area contributed by atoms with E-state index < -0.39 is 0 Å². The lowest BCUT2D eigenvalue weighted by Gasteiger charge is -2.32. The van der Waals surface area contributed by atoms with Gasteiger partial charge in [-0.2, -0.15) is 0 Å². The highest BCUT2D eigenvalue weighted by atomic mass is 16.2. The van der Waals surface area contributed by atoms with E-state index in [0.717, 1.165) is 38.8 Å². The van der Waals surface area contributed by atoms with Crippen LogP contribution in [-0.4, -0.2) is 52.9 Å². The van der Waals surface area contributed by atoms with Crippen molar-refractivity contribution in [1.29, 1.82) is 0 Å². The molecule has 1 atom stereocenters. The van der Waals surface area contributed by atoms with Crippen molar-refractivity contribution < 1.29 is 9.59 Å². The summed E-state index contributed by atoms with van der Waals surface area (Å²) in [6.07, 6.45) is 10.0. The highest BCUT2D eigenvalue weighted by Crippen LogP contribution is 2.17. The van der Waals surface area contributed by atoms with Crippen LogP contribution in [0, 0.1) is 5.92 Å². The molecule has 0 bridgehead atoms. The van der Waals surface area contributed by atoms with Gasteiger partial charge in [0.2, 0.25) is 17.8 Å². The zero-order valence-corrected chi connectivity index (χ0v) is 15.7. The molecule has 144 valence electrons. The van der Waals surface area contributed by atoms with Crippen molar-refractivity contribution in [2.45, 2.75) is 51.9 Å². The number of amides is 2. The third-order valence-electron chi connectivity index (χ3n) is 4.66. The van der Waals surface area contributed by atoms with Crippen LogP contribution in [0.15, 0.2) is 18.5 Å². The maximum absolute atomic E-state index is 12.4. The molecule has 0 radical (unpaired) electrons. The van der Waals surface area contributed by atoms with Gasteiger partial charge in [-0.1, -0.05) is 26.2 Å². The third kappa shape index (κ3) is 6.98. The quantitative estimate of drug-likeness (QED) is 0.624. The van der Waals surface area contributed by atoms with Gasteiger partial charge in [0.1, 0.15) is 0 Å². The summed E-state index contributed by atoms with van der Waals surface area (Å²) in [6, 6.07) is 1.75. The molecule has 1 aromatic heterocycles. The number of unbranched alkanes of at least 4 members (excludes halogenated alkanes) is 3. The SMILES string of the molecule is CCCCCCNC(=O)C1CCCN(C(=O)CCNc2ncccn2)C1. The van der Waals surface area contributed by atoms with Gasteiger partial charge in [0.15, 0.2) is 0 Å². The lowest BCUT2D eigenvalue weighted by molar-refractivity contribution is -0.135. The average molecular weight is 361 g/mol. The van der Waals surface area contributed by atoms with Gasteiger partial charge < -0.3 is 15.5 Å². The Balaban J connectivity index is 1.67. The zero-order chi connectivity index (χ0) is 18.6. The number of anilines is 1. The largest absolute Gasteiger partial charge is 0.356 e. The molecule has 1 aliphatic heterocycles. The summed E-state index contributed by atoms with van der Waals surface area (Å²) in [5.74, 6) is 0.618. The summed E-state index contributed by atoms with van der Waals surface area (Å²) in [5, 5.41) is 6.07. The predicted octanol–water partition coefficient (Wildman–Crippen LogP) is 2.21. The van der Waals surface area contributed by atoms with Gasteiger partial charge >= 0.3 is 0 Å². The van der Waals surface area contributed by atoms with Crippen molar-refractivity contribution >= 4 is 17.8 Å². The third-order valence-corrected chi connectivity index (χ3v) is 4.66. The second kappa shape index (κ2) is 11.4. The van der Waals surface area contributed by atoms with E-state index in [4.69, 9.17) is 0 Å². The van der Waals surface area contributed by atoms with Crippen LogP contribution in [0.3, 0.4) is 0 Å². The minimum atomic E-state index is -0.0794. The van der Waals surface area contributed by atoms with Gasteiger partial charge in [-0.15, -0.1) is 0 Å². The number of hydrogen-bond donors (Lipinski definition) is 2. The van der Waals surface area contributed by atoms with Crippen molar-refractivity contribution in [2.24, 2.45) is 5.92 Å². The van der Waals surface area contributed by atoms with Gasteiger partial charge in [-0.3, -0.25) is 9.59 Å². The van der Waals surface area contributed by atoms with Gasteiger partial charge in [-0.05, 0) is 25.3 Å². The fourth-order valence-corrected chi connectivity index (χ4v) is 3.16. The minimum absolute atomic E-state index is 0.0777. The average Bonchev–Trinajstić information content (AvgIpc) is 2.68. The molecule has 1 aliphatic rings. The Hall–Kier alpha value is -2.18. The Labute approximate surface area is 156 Å².